The molecule has 1 rings (SSSR count). The Hall–Kier alpha value is -1.39. The zero-order chi connectivity index (χ0) is 13.2. The average molecular weight is 250 g/mol. The highest BCUT2D eigenvalue weighted by Gasteiger charge is 2.01. The number of nitrogens with one attached hydrogen (secondary N) is 2. The Kier molecular flexibility index (Phi) is 7.06. The monoisotopic (exact) mass is 250 g/mol. The quantitative estimate of drug-likeness (QED) is 0.693. The molecule has 0 radical (unpaired) electrons. The van der Waals surface area contributed by atoms with E-state index >= 15 is 0 Å². The summed E-state index contributed by atoms with van der Waals surface area (Å²) in [6.45, 7) is 4.35. The summed E-state index contributed by atoms with van der Waals surface area (Å²) in [5, 5.41) is 6.07. The minimum atomic E-state index is 0.0399. The van der Waals surface area contributed by atoms with Crippen LogP contribution in [0.2, 0.25) is 0 Å². The first-order valence-electron chi connectivity index (χ1n) is 6.28. The molecule has 0 aliphatic heterocycles. The maximum absolute atomic E-state index is 11.6. The average Bonchev–Trinajstić information content (AvgIpc) is 2.36. The summed E-state index contributed by atoms with van der Waals surface area (Å²) in [6, 6.07) is 7.80. The number of methoxy groups -OCH3 is 1. The number of carbonyl (C=O) groups is 1. The molecule has 0 saturated heterocycles. The van der Waals surface area contributed by atoms with Crippen molar-refractivity contribution in [1.29, 1.82) is 0 Å². The van der Waals surface area contributed by atoms with Gasteiger partial charge in [0.25, 0.3) is 0 Å². The van der Waals surface area contributed by atoms with Crippen molar-refractivity contribution >= 4 is 11.6 Å². The molecule has 1 amide bonds. The van der Waals surface area contributed by atoms with Gasteiger partial charge in [0, 0.05) is 32.4 Å². The van der Waals surface area contributed by atoms with Gasteiger partial charge in [0.1, 0.15) is 0 Å². The van der Waals surface area contributed by atoms with Crippen molar-refractivity contribution in [1.82, 2.24) is 5.32 Å². The number of carbonyl (C=O) groups excluding carboxylic acids is 1. The highest BCUT2D eigenvalue weighted by molar-refractivity contribution is 5.90. The summed E-state index contributed by atoms with van der Waals surface area (Å²) in [7, 11) is 1.69. The second-order valence-corrected chi connectivity index (χ2v) is 4.26. The zero-order valence-corrected chi connectivity index (χ0v) is 11.2. The van der Waals surface area contributed by atoms with E-state index in [9.17, 15) is 4.79 Å². The van der Waals surface area contributed by atoms with Crippen LogP contribution in [0.5, 0.6) is 0 Å². The third-order valence-electron chi connectivity index (χ3n) is 2.57. The van der Waals surface area contributed by atoms with Gasteiger partial charge >= 0.3 is 0 Å². The van der Waals surface area contributed by atoms with Crippen molar-refractivity contribution < 1.29 is 9.53 Å². The Morgan fingerprint density at radius 1 is 1.22 bits per heavy atom. The summed E-state index contributed by atoms with van der Waals surface area (Å²) < 4.78 is 4.94. The molecule has 0 aromatic heterocycles. The van der Waals surface area contributed by atoms with E-state index in [2.05, 4.69) is 10.6 Å². The lowest BCUT2D eigenvalue weighted by molar-refractivity contribution is -0.116. The van der Waals surface area contributed by atoms with Gasteiger partial charge in [0.05, 0.1) is 0 Å². The third kappa shape index (κ3) is 6.37. The van der Waals surface area contributed by atoms with Crippen molar-refractivity contribution in [2.45, 2.75) is 19.8 Å². The lowest BCUT2D eigenvalue weighted by atomic mass is 10.2. The largest absolute Gasteiger partial charge is 0.385 e. The number of amides is 1. The molecular formula is C14H22N2O2. The number of hydrogen-bond donors (Lipinski definition) is 2. The van der Waals surface area contributed by atoms with E-state index < -0.39 is 0 Å². The van der Waals surface area contributed by atoms with Crippen LogP contribution in [0, 0.1) is 6.92 Å². The molecule has 4 nitrogen and oxygen atoms in total. The fraction of sp³-hybridized carbons (Fsp3) is 0.500. The minimum Gasteiger partial charge on any atom is -0.385 e. The number of hydrogen-bond acceptors (Lipinski definition) is 3. The summed E-state index contributed by atoms with van der Waals surface area (Å²) in [5.41, 5.74) is 2.04. The van der Waals surface area contributed by atoms with Crippen LogP contribution < -0.4 is 10.6 Å². The lowest BCUT2D eigenvalue weighted by Gasteiger charge is -2.06. The maximum Gasteiger partial charge on any atom is 0.225 e. The fourth-order valence-corrected chi connectivity index (χ4v) is 1.53. The van der Waals surface area contributed by atoms with Gasteiger partial charge in [-0.3, -0.25) is 4.79 Å². The fourth-order valence-electron chi connectivity index (χ4n) is 1.53. The number of benzene rings is 1. The highest BCUT2D eigenvalue weighted by Crippen LogP contribution is 2.08. The molecule has 0 aliphatic rings. The summed E-state index contributed by atoms with van der Waals surface area (Å²) in [6.07, 6.45) is 1.46. The molecule has 0 heterocycles. The molecule has 0 fully saturated rings. The number of ether oxygens (including phenoxy) is 1. The van der Waals surface area contributed by atoms with Crippen LogP contribution >= 0.6 is 0 Å². The van der Waals surface area contributed by atoms with Crippen LogP contribution in [0.25, 0.3) is 0 Å². The first kappa shape index (κ1) is 14.7. The number of rotatable bonds is 8. The smallest absolute Gasteiger partial charge is 0.225 e. The van der Waals surface area contributed by atoms with Crippen LogP contribution in [0.4, 0.5) is 5.69 Å². The van der Waals surface area contributed by atoms with Gasteiger partial charge in [0.2, 0.25) is 5.91 Å². The molecule has 0 bridgehead atoms. The molecule has 0 atom stereocenters. The minimum absolute atomic E-state index is 0.0399. The van der Waals surface area contributed by atoms with E-state index in [0.29, 0.717) is 13.0 Å². The molecule has 1 aromatic rings. The van der Waals surface area contributed by atoms with Crippen LogP contribution in [0.1, 0.15) is 18.4 Å². The molecule has 0 aliphatic carbocycles. The van der Waals surface area contributed by atoms with Crippen LogP contribution in [0.3, 0.4) is 0 Å². The molecule has 18 heavy (non-hydrogen) atoms. The molecule has 0 spiro atoms. The van der Waals surface area contributed by atoms with Crippen molar-refractivity contribution in [3.63, 3.8) is 0 Å². The predicted molar refractivity (Wildman–Crippen MR) is 73.8 cm³/mol. The van der Waals surface area contributed by atoms with Gasteiger partial charge in [-0.05, 0) is 32.0 Å². The van der Waals surface area contributed by atoms with Crippen molar-refractivity contribution in [2.75, 3.05) is 32.1 Å². The van der Waals surface area contributed by atoms with E-state index in [-0.39, 0.29) is 5.91 Å². The van der Waals surface area contributed by atoms with Gasteiger partial charge in [-0.15, -0.1) is 0 Å². The first-order valence-corrected chi connectivity index (χ1v) is 6.28. The summed E-state index contributed by atoms with van der Waals surface area (Å²) >= 11 is 0. The second kappa shape index (κ2) is 8.66. The Balaban J connectivity index is 2.12. The van der Waals surface area contributed by atoms with E-state index in [4.69, 9.17) is 4.74 Å². The number of anilines is 1. The first-order chi connectivity index (χ1) is 8.72. The van der Waals surface area contributed by atoms with E-state index in [1.165, 1.54) is 5.56 Å². The molecule has 2 N–H and O–H groups in total. The Morgan fingerprint density at radius 2 is 1.94 bits per heavy atom. The lowest BCUT2D eigenvalue weighted by Crippen LogP contribution is -2.23. The molecule has 0 unspecified atom stereocenters. The molecule has 0 saturated carbocycles. The Labute approximate surface area is 109 Å². The second-order valence-electron chi connectivity index (χ2n) is 4.26. The highest BCUT2D eigenvalue weighted by atomic mass is 16.5. The van der Waals surface area contributed by atoms with Gasteiger partial charge in [-0.1, -0.05) is 17.7 Å². The predicted octanol–water partition coefficient (Wildman–Crippen LogP) is 1.95. The number of aryl methyl sites for hydroxylation is 1. The van der Waals surface area contributed by atoms with E-state index in [1.807, 2.05) is 31.2 Å². The van der Waals surface area contributed by atoms with Crippen molar-refractivity contribution in [3.05, 3.63) is 29.8 Å². The topological polar surface area (TPSA) is 50.4 Å². The molecular weight excluding hydrogens is 228 g/mol. The summed E-state index contributed by atoms with van der Waals surface area (Å²) in [5.74, 6) is 0.0399. The molecule has 100 valence electrons. The van der Waals surface area contributed by atoms with Gasteiger partial charge in [-0.25, -0.2) is 0 Å². The van der Waals surface area contributed by atoms with Gasteiger partial charge in [0.15, 0.2) is 0 Å². The van der Waals surface area contributed by atoms with E-state index in [1.54, 1.807) is 7.11 Å². The maximum atomic E-state index is 11.6. The normalized spacial score (nSPS) is 10.3. The van der Waals surface area contributed by atoms with Crippen LogP contribution in [-0.4, -0.2) is 32.7 Å². The standard InChI is InChI=1S/C14H22N2O2/c1-12-4-6-13(7-5-12)16-14(17)8-10-15-9-3-11-18-2/h4-7,15H,3,8-11H2,1-2H3,(H,16,17). The molecule has 4 heteroatoms. The SMILES string of the molecule is COCCCNCCC(=O)Nc1ccc(C)cc1. The van der Waals surface area contributed by atoms with Crippen molar-refractivity contribution in [2.24, 2.45) is 0 Å². The Bertz CT molecular complexity index is 349. The van der Waals surface area contributed by atoms with Gasteiger partial charge in [-0.2, -0.15) is 0 Å². The molecule has 1 aromatic carbocycles. The van der Waals surface area contributed by atoms with E-state index in [0.717, 1.165) is 25.3 Å². The van der Waals surface area contributed by atoms with Crippen LogP contribution in [0.15, 0.2) is 24.3 Å². The van der Waals surface area contributed by atoms with Crippen molar-refractivity contribution in [3.8, 4) is 0 Å². The zero-order valence-electron chi connectivity index (χ0n) is 11.2. The third-order valence-corrected chi connectivity index (χ3v) is 2.57. The van der Waals surface area contributed by atoms with Crippen LogP contribution in [-0.2, 0) is 9.53 Å². The Morgan fingerprint density at radius 3 is 2.61 bits per heavy atom. The summed E-state index contributed by atoms with van der Waals surface area (Å²) in [4.78, 5) is 11.6. The van der Waals surface area contributed by atoms with Gasteiger partial charge < -0.3 is 15.4 Å².